The number of aryl methyl sites for hydroxylation is 1. The van der Waals surface area contributed by atoms with Crippen LogP contribution in [0.3, 0.4) is 0 Å². The third kappa shape index (κ3) is 8.51. The number of likely N-dealkylation sites (N-methyl/N-ethyl adjacent to an activating group) is 1. The van der Waals surface area contributed by atoms with Crippen LogP contribution in [0.25, 0.3) is 10.9 Å². The Kier molecular flexibility index (Phi) is 11.4. The molecule has 0 atom stereocenters. The minimum atomic E-state index is -0.635. The standard InChI is InChI=1S/C35H36Cl2N6O6/c1-4-48-35(47)43-17-15-42(16-18-43)33(45)24-8-5-9-25(19-24)40-34(46)38-20-30(44)41(3)28-14-13-27(36)26(31(28)37)21-49-29-10-6-7-23-12-11-22(2)39-32(23)29/h5-14,19H,4,15-18,20-21H2,1-3H3,(H2,38,40,46). The van der Waals surface area contributed by atoms with Gasteiger partial charge in [-0.2, -0.15) is 0 Å². The predicted octanol–water partition coefficient (Wildman–Crippen LogP) is 6.13. The van der Waals surface area contributed by atoms with Gasteiger partial charge in [-0.1, -0.05) is 47.5 Å². The molecule has 1 aliphatic rings. The lowest BCUT2D eigenvalue weighted by molar-refractivity contribution is -0.117. The molecular weight excluding hydrogens is 671 g/mol. The normalized spacial score (nSPS) is 12.8. The summed E-state index contributed by atoms with van der Waals surface area (Å²) < 4.78 is 11.1. The molecule has 49 heavy (non-hydrogen) atoms. The number of anilines is 2. The highest BCUT2D eigenvalue weighted by atomic mass is 35.5. The fourth-order valence-electron chi connectivity index (χ4n) is 5.26. The summed E-state index contributed by atoms with van der Waals surface area (Å²) in [6, 6.07) is 18.6. The van der Waals surface area contributed by atoms with E-state index in [0.717, 1.165) is 11.1 Å². The van der Waals surface area contributed by atoms with Crippen LogP contribution in [0.2, 0.25) is 10.0 Å². The zero-order chi connectivity index (χ0) is 35.1. The molecule has 1 saturated heterocycles. The van der Waals surface area contributed by atoms with E-state index < -0.39 is 18.0 Å². The molecule has 1 fully saturated rings. The summed E-state index contributed by atoms with van der Waals surface area (Å²) in [5.41, 5.74) is 3.20. The zero-order valence-electron chi connectivity index (χ0n) is 27.3. The molecule has 3 aromatic carbocycles. The van der Waals surface area contributed by atoms with E-state index >= 15 is 0 Å². The summed E-state index contributed by atoms with van der Waals surface area (Å²) in [4.78, 5) is 60.0. The van der Waals surface area contributed by atoms with Gasteiger partial charge in [0.2, 0.25) is 5.91 Å². The van der Waals surface area contributed by atoms with E-state index in [-0.39, 0.29) is 30.7 Å². The summed E-state index contributed by atoms with van der Waals surface area (Å²) in [5, 5.41) is 6.75. The van der Waals surface area contributed by atoms with E-state index in [1.54, 1.807) is 60.2 Å². The van der Waals surface area contributed by atoms with Gasteiger partial charge in [0, 0.05) is 66.1 Å². The van der Waals surface area contributed by atoms with E-state index in [4.69, 9.17) is 32.7 Å². The summed E-state index contributed by atoms with van der Waals surface area (Å²) in [7, 11) is 1.54. The van der Waals surface area contributed by atoms with Crippen molar-refractivity contribution in [3.63, 3.8) is 0 Å². The SMILES string of the molecule is CCOC(=O)N1CCN(C(=O)c2cccc(NC(=O)NCC(=O)N(C)c3ccc(Cl)c(COc4cccc5ccc(C)nc45)c3Cl)c2)CC1. The van der Waals surface area contributed by atoms with Gasteiger partial charge in [-0.25, -0.2) is 14.6 Å². The highest BCUT2D eigenvalue weighted by molar-refractivity contribution is 6.38. The maximum Gasteiger partial charge on any atom is 0.409 e. The van der Waals surface area contributed by atoms with Gasteiger partial charge in [-0.15, -0.1) is 0 Å². The second-order valence-corrected chi connectivity index (χ2v) is 12.0. The maximum atomic E-state index is 13.1. The van der Waals surface area contributed by atoms with E-state index in [1.807, 2.05) is 37.3 Å². The predicted molar refractivity (Wildman–Crippen MR) is 189 cm³/mol. The lowest BCUT2D eigenvalue weighted by Crippen LogP contribution is -2.50. The molecule has 5 rings (SSSR count). The zero-order valence-corrected chi connectivity index (χ0v) is 28.8. The van der Waals surface area contributed by atoms with Gasteiger partial charge in [0.15, 0.2) is 0 Å². The number of benzene rings is 3. The number of amides is 5. The first kappa shape index (κ1) is 35.2. The number of hydrogen-bond donors (Lipinski definition) is 2. The number of urea groups is 1. The van der Waals surface area contributed by atoms with Crippen LogP contribution in [-0.2, 0) is 16.1 Å². The Morgan fingerprint density at radius 3 is 2.43 bits per heavy atom. The molecule has 0 unspecified atom stereocenters. The summed E-state index contributed by atoms with van der Waals surface area (Å²) >= 11 is 13.2. The first-order chi connectivity index (χ1) is 23.5. The lowest BCUT2D eigenvalue weighted by Gasteiger charge is -2.34. The second-order valence-electron chi connectivity index (χ2n) is 11.2. The minimum absolute atomic E-state index is 0.0360. The van der Waals surface area contributed by atoms with Crippen molar-refractivity contribution in [2.45, 2.75) is 20.5 Å². The van der Waals surface area contributed by atoms with Crippen LogP contribution < -0.4 is 20.3 Å². The van der Waals surface area contributed by atoms with Crippen molar-refractivity contribution in [1.82, 2.24) is 20.1 Å². The number of rotatable bonds is 9. The number of carbonyl (C=O) groups excluding carboxylic acids is 4. The van der Waals surface area contributed by atoms with E-state index in [9.17, 15) is 19.2 Å². The minimum Gasteiger partial charge on any atom is -0.487 e. The molecule has 0 bridgehead atoms. The largest absolute Gasteiger partial charge is 0.487 e. The van der Waals surface area contributed by atoms with Gasteiger partial charge in [0.1, 0.15) is 17.9 Å². The first-order valence-electron chi connectivity index (χ1n) is 15.6. The fourth-order valence-corrected chi connectivity index (χ4v) is 5.87. The maximum absolute atomic E-state index is 13.1. The topological polar surface area (TPSA) is 133 Å². The number of para-hydroxylation sites is 1. The summed E-state index contributed by atoms with van der Waals surface area (Å²) in [6.45, 7) is 5.09. The summed E-state index contributed by atoms with van der Waals surface area (Å²) in [6.07, 6.45) is -0.396. The van der Waals surface area contributed by atoms with E-state index in [0.29, 0.717) is 65.0 Å². The molecule has 0 saturated carbocycles. The average Bonchev–Trinajstić information content (AvgIpc) is 3.10. The van der Waals surface area contributed by atoms with Gasteiger partial charge in [-0.05, 0) is 56.3 Å². The number of ether oxygens (including phenoxy) is 2. The Hall–Kier alpha value is -5.07. The van der Waals surface area contributed by atoms with Gasteiger partial charge in [-0.3, -0.25) is 9.59 Å². The van der Waals surface area contributed by atoms with Gasteiger partial charge >= 0.3 is 12.1 Å². The molecule has 1 aliphatic heterocycles. The van der Waals surface area contributed by atoms with Crippen LogP contribution in [0.15, 0.2) is 66.7 Å². The number of fused-ring (bicyclic) bond motifs is 1. The number of pyridine rings is 1. The van der Waals surface area contributed by atoms with Crippen molar-refractivity contribution < 1.29 is 28.7 Å². The number of halogens is 2. The molecule has 14 heteroatoms. The van der Waals surface area contributed by atoms with Crippen molar-refractivity contribution in [1.29, 1.82) is 0 Å². The Bertz CT molecular complexity index is 1880. The molecule has 256 valence electrons. The smallest absolute Gasteiger partial charge is 0.409 e. The third-order valence-electron chi connectivity index (χ3n) is 7.96. The molecule has 1 aromatic heterocycles. The molecule has 2 N–H and O–H groups in total. The molecule has 0 aliphatic carbocycles. The molecule has 4 aromatic rings. The molecular formula is C35H36Cl2N6O6. The molecule has 12 nitrogen and oxygen atoms in total. The molecule has 2 heterocycles. The number of nitrogens with one attached hydrogen (secondary N) is 2. The highest BCUT2D eigenvalue weighted by Gasteiger charge is 2.26. The van der Waals surface area contributed by atoms with Crippen molar-refractivity contribution >= 4 is 69.4 Å². The van der Waals surface area contributed by atoms with Crippen LogP contribution in [0.5, 0.6) is 5.75 Å². The van der Waals surface area contributed by atoms with E-state index in [2.05, 4.69) is 15.6 Å². The Morgan fingerprint density at radius 1 is 0.939 bits per heavy atom. The van der Waals surface area contributed by atoms with Crippen LogP contribution in [0.1, 0.15) is 28.5 Å². The first-order valence-corrected chi connectivity index (χ1v) is 16.4. The van der Waals surface area contributed by atoms with Crippen LogP contribution in [-0.4, -0.2) is 85.1 Å². The number of nitrogens with zero attached hydrogens (tertiary/aromatic N) is 4. The van der Waals surface area contributed by atoms with Crippen LogP contribution in [0, 0.1) is 6.92 Å². The van der Waals surface area contributed by atoms with Gasteiger partial charge < -0.3 is 34.8 Å². The monoisotopic (exact) mass is 706 g/mol. The fraction of sp³-hybridized carbons (Fsp3) is 0.286. The van der Waals surface area contributed by atoms with Gasteiger partial charge in [0.05, 0.1) is 23.9 Å². The average molecular weight is 708 g/mol. The van der Waals surface area contributed by atoms with Crippen molar-refractivity contribution in [3.05, 3.63) is 93.6 Å². The number of aromatic nitrogens is 1. The number of hydrogen-bond acceptors (Lipinski definition) is 7. The van der Waals surface area contributed by atoms with Crippen molar-refractivity contribution in [3.8, 4) is 5.75 Å². The van der Waals surface area contributed by atoms with Crippen molar-refractivity contribution in [2.24, 2.45) is 0 Å². The third-order valence-corrected chi connectivity index (χ3v) is 8.73. The molecule has 0 radical (unpaired) electrons. The van der Waals surface area contributed by atoms with Crippen LogP contribution in [0.4, 0.5) is 21.0 Å². The lowest BCUT2D eigenvalue weighted by atomic mass is 10.1. The Balaban J connectivity index is 1.16. The molecule has 5 amide bonds. The van der Waals surface area contributed by atoms with Gasteiger partial charge in [0.25, 0.3) is 5.91 Å². The summed E-state index contributed by atoms with van der Waals surface area (Å²) in [5.74, 6) is -0.0918. The highest BCUT2D eigenvalue weighted by Crippen LogP contribution is 2.35. The van der Waals surface area contributed by atoms with Crippen LogP contribution >= 0.6 is 23.2 Å². The van der Waals surface area contributed by atoms with E-state index in [1.165, 1.54) is 4.90 Å². The van der Waals surface area contributed by atoms with Crippen molar-refractivity contribution in [2.75, 3.05) is 56.6 Å². The quantitative estimate of drug-likeness (QED) is 0.214. The molecule has 0 spiro atoms. The second kappa shape index (κ2) is 15.9. The number of piperazine rings is 1. The number of carbonyl (C=O) groups is 4. The Labute approximate surface area is 293 Å². The Morgan fingerprint density at radius 2 is 1.67 bits per heavy atom.